The van der Waals surface area contributed by atoms with Gasteiger partial charge in [0.1, 0.15) is 0 Å². The second kappa shape index (κ2) is 8.26. The number of aliphatic carboxylic acids is 1. The molecule has 3 N–H and O–H groups in total. The Labute approximate surface area is 129 Å². The average molecular weight is 316 g/mol. The standard InChI is InChI=1S/C14H24N2O4S/c1-14(2,8-12(18)19)7-11(17)16-13(20)15-9-10-5-3-4-6-21-10/h10H,3-9H2,1-2H3,(H,18,19)(H2,15,16,17,20). The fourth-order valence-electron chi connectivity index (χ4n) is 2.30. The molecule has 1 saturated heterocycles. The van der Waals surface area contributed by atoms with E-state index < -0.39 is 23.3 Å². The lowest BCUT2D eigenvalue weighted by Gasteiger charge is -2.22. The number of urea groups is 1. The van der Waals surface area contributed by atoms with Gasteiger partial charge < -0.3 is 10.4 Å². The number of carbonyl (C=O) groups excluding carboxylic acids is 2. The fourth-order valence-corrected chi connectivity index (χ4v) is 3.54. The van der Waals surface area contributed by atoms with Crippen LogP contribution in [-0.2, 0) is 9.59 Å². The fraction of sp³-hybridized carbons (Fsp3) is 0.786. The van der Waals surface area contributed by atoms with Gasteiger partial charge in [-0.05, 0) is 24.0 Å². The number of carboxylic acids is 1. The third-order valence-corrected chi connectivity index (χ3v) is 4.68. The van der Waals surface area contributed by atoms with Crippen molar-refractivity contribution in [2.45, 2.75) is 51.2 Å². The summed E-state index contributed by atoms with van der Waals surface area (Å²) >= 11 is 1.85. The molecule has 1 aliphatic heterocycles. The highest BCUT2D eigenvalue weighted by atomic mass is 32.2. The summed E-state index contributed by atoms with van der Waals surface area (Å²) in [4.78, 5) is 34.0. The normalized spacial score (nSPS) is 18.9. The number of rotatable bonds is 6. The quantitative estimate of drug-likeness (QED) is 0.696. The van der Waals surface area contributed by atoms with E-state index in [1.54, 1.807) is 13.8 Å². The molecule has 21 heavy (non-hydrogen) atoms. The van der Waals surface area contributed by atoms with E-state index in [9.17, 15) is 14.4 Å². The minimum Gasteiger partial charge on any atom is -0.481 e. The zero-order chi connectivity index (χ0) is 15.9. The van der Waals surface area contributed by atoms with E-state index in [1.807, 2.05) is 11.8 Å². The summed E-state index contributed by atoms with van der Waals surface area (Å²) in [6.45, 7) is 3.94. The van der Waals surface area contributed by atoms with Gasteiger partial charge in [0.2, 0.25) is 5.91 Å². The molecule has 0 radical (unpaired) electrons. The molecule has 7 heteroatoms. The Bertz CT molecular complexity index is 392. The number of hydrogen-bond acceptors (Lipinski definition) is 4. The van der Waals surface area contributed by atoms with Crippen molar-refractivity contribution in [2.75, 3.05) is 12.3 Å². The molecule has 0 aliphatic carbocycles. The number of nitrogens with one attached hydrogen (secondary N) is 2. The van der Waals surface area contributed by atoms with Gasteiger partial charge in [-0.1, -0.05) is 20.3 Å². The Morgan fingerprint density at radius 2 is 1.95 bits per heavy atom. The van der Waals surface area contributed by atoms with Crippen molar-refractivity contribution >= 4 is 29.7 Å². The van der Waals surface area contributed by atoms with Crippen LogP contribution in [0, 0.1) is 5.41 Å². The van der Waals surface area contributed by atoms with E-state index >= 15 is 0 Å². The summed E-state index contributed by atoms with van der Waals surface area (Å²) in [7, 11) is 0. The molecule has 0 saturated carbocycles. The summed E-state index contributed by atoms with van der Waals surface area (Å²) < 4.78 is 0. The molecule has 1 heterocycles. The first-order chi connectivity index (χ1) is 9.78. The van der Waals surface area contributed by atoms with Gasteiger partial charge in [0, 0.05) is 18.2 Å². The largest absolute Gasteiger partial charge is 0.481 e. The maximum absolute atomic E-state index is 11.7. The maximum atomic E-state index is 11.7. The second-order valence-corrected chi connectivity index (χ2v) is 7.57. The molecule has 0 aromatic heterocycles. The summed E-state index contributed by atoms with van der Waals surface area (Å²) in [6.07, 6.45) is 3.39. The van der Waals surface area contributed by atoms with Crippen molar-refractivity contribution in [2.24, 2.45) is 5.41 Å². The molecule has 1 rings (SSSR count). The van der Waals surface area contributed by atoms with E-state index in [2.05, 4.69) is 10.6 Å². The summed E-state index contributed by atoms with van der Waals surface area (Å²) in [6, 6.07) is -0.503. The lowest BCUT2D eigenvalue weighted by molar-refractivity contribution is -0.139. The highest BCUT2D eigenvalue weighted by Crippen LogP contribution is 2.25. The first-order valence-corrected chi connectivity index (χ1v) is 8.24. The van der Waals surface area contributed by atoms with E-state index in [0.717, 1.165) is 12.2 Å². The van der Waals surface area contributed by atoms with Crippen molar-refractivity contribution in [1.29, 1.82) is 0 Å². The van der Waals surface area contributed by atoms with Gasteiger partial charge in [-0.3, -0.25) is 14.9 Å². The number of amides is 3. The third-order valence-electron chi connectivity index (χ3n) is 3.29. The van der Waals surface area contributed by atoms with E-state index in [-0.39, 0.29) is 12.8 Å². The van der Waals surface area contributed by atoms with Crippen LogP contribution in [0.2, 0.25) is 0 Å². The minimum absolute atomic E-state index is 0.00486. The first-order valence-electron chi connectivity index (χ1n) is 7.19. The van der Waals surface area contributed by atoms with Crippen molar-refractivity contribution in [3.8, 4) is 0 Å². The molecule has 0 bridgehead atoms. The van der Waals surface area contributed by atoms with Gasteiger partial charge in [-0.2, -0.15) is 11.8 Å². The van der Waals surface area contributed by atoms with Crippen LogP contribution < -0.4 is 10.6 Å². The van der Waals surface area contributed by atoms with Gasteiger partial charge in [-0.25, -0.2) is 4.79 Å². The molecule has 3 amide bonds. The van der Waals surface area contributed by atoms with Crippen molar-refractivity contribution in [1.82, 2.24) is 10.6 Å². The van der Waals surface area contributed by atoms with Crippen molar-refractivity contribution in [3.05, 3.63) is 0 Å². The van der Waals surface area contributed by atoms with E-state index in [0.29, 0.717) is 11.8 Å². The molecule has 1 atom stereocenters. The number of thioether (sulfide) groups is 1. The molecule has 1 unspecified atom stereocenters. The van der Waals surface area contributed by atoms with Crippen molar-refractivity contribution < 1.29 is 19.5 Å². The summed E-state index contributed by atoms with van der Waals surface area (Å²) in [5, 5.41) is 14.1. The monoisotopic (exact) mass is 316 g/mol. The molecule has 1 aliphatic rings. The lowest BCUT2D eigenvalue weighted by atomic mass is 9.85. The lowest BCUT2D eigenvalue weighted by Crippen LogP contribution is -2.43. The van der Waals surface area contributed by atoms with Crippen LogP contribution in [0.5, 0.6) is 0 Å². The predicted octanol–water partition coefficient (Wildman–Crippen LogP) is 1.99. The topological polar surface area (TPSA) is 95.5 Å². The van der Waals surface area contributed by atoms with Crippen LogP contribution in [-0.4, -0.2) is 40.6 Å². The van der Waals surface area contributed by atoms with Gasteiger partial charge in [0.25, 0.3) is 0 Å². The molecular formula is C14H24N2O4S. The number of hydrogen-bond donors (Lipinski definition) is 3. The zero-order valence-electron chi connectivity index (χ0n) is 12.6. The average Bonchev–Trinajstić information content (AvgIpc) is 2.35. The minimum atomic E-state index is -0.952. The molecule has 6 nitrogen and oxygen atoms in total. The van der Waals surface area contributed by atoms with Crippen molar-refractivity contribution in [3.63, 3.8) is 0 Å². The van der Waals surface area contributed by atoms with Crippen LogP contribution in [0.4, 0.5) is 4.79 Å². The Morgan fingerprint density at radius 1 is 1.24 bits per heavy atom. The molecule has 0 aromatic rings. The van der Waals surface area contributed by atoms with Gasteiger partial charge in [0.05, 0.1) is 6.42 Å². The number of carbonyl (C=O) groups is 3. The van der Waals surface area contributed by atoms with Gasteiger partial charge in [0.15, 0.2) is 0 Å². The number of carboxylic acid groups (broad SMARTS) is 1. The Morgan fingerprint density at radius 3 is 2.52 bits per heavy atom. The SMILES string of the molecule is CC(C)(CC(=O)O)CC(=O)NC(=O)NCC1CCCCS1. The van der Waals surface area contributed by atoms with E-state index in [1.165, 1.54) is 12.8 Å². The number of imide groups is 1. The van der Waals surface area contributed by atoms with Crippen LogP contribution in [0.25, 0.3) is 0 Å². The zero-order valence-corrected chi connectivity index (χ0v) is 13.4. The highest BCUT2D eigenvalue weighted by Gasteiger charge is 2.26. The maximum Gasteiger partial charge on any atom is 0.321 e. The molecule has 0 aromatic carbocycles. The molecular weight excluding hydrogens is 292 g/mol. The van der Waals surface area contributed by atoms with Crippen LogP contribution in [0.1, 0.15) is 46.0 Å². The summed E-state index contributed by atoms with van der Waals surface area (Å²) in [5.41, 5.74) is -0.671. The van der Waals surface area contributed by atoms with E-state index in [4.69, 9.17) is 5.11 Å². The summed E-state index contributed by atoms with van der Waals surface area (Å²) in [5.74, 6) is -0.280. The van der Waals surface area contributed by atoms with Crippen LogP contribution in [0.15, 0.2) is 0 Å². The Balaban J connectivity index is 2.26. The second-order valence-electron chi connectivity index (χ2n) is 6.16. The van der Waals surface area contributed by atoms with Crippen LogP contribution in [0.3, 0.4) is 0 Å². The molecule has 0 spiro atoms. The Kier molecular flexibility index (Phi) is 7.01. The smallest absolute Gasteiger partial charge is 0.321 e. The predicted molar refractivity (Wildman–Crippen MR) is 82.3 cm³/mol. The van der Waals surface area contributed by atoms with Crippen LogP contribution >= 0.6 is 11.8 Å². The van der Waals surface area contributed by atoms with Gasteiger partial charge in [-0.15, -0.1) is 0 Å². The Hall–Kier alpha value is -1.24. The highest BCUT2D eigenvalue weighted by molar-refractivity contribution is 7.99. The molecule has 1 fully saturated rings. The first kappa shape index (κ1) is 17.8. The molecule has 120 valence electrons. The third kappa shape index (κ3) is 7.94. The van der Waals surface area contributed by atoms with Gasteiger partial charge >= 0.3 is 12.0 Å².